The molecule has 0 unspecified atom stereocenters. The van der Waals surface area contributed by atoms with Crippen molar-refractivity contribution in [2.75, 3.05) is 0 Å². The van der Waals surface area contributed by atoms with Crippen LogP contribution >= 0.6 is 15.9 Å². The largest absolute Gasteiger partial charge is 0.463 e. The van der Waals surface area contributed by atoms with Gasteiger partial charge in [0.2, 0.25) is 0 Å². The average Bonchev–Trinajstić information content (AvgIpc) is 3.25. The minimum Gasteiger partial charge on any atom is -0.463 e. The third-order valence-corrected chi connectivity index (χ3v) is 4.71. The fourth-order valence-electron chi connectivity index (χ4n) is 2.88. The van der Waals surface area contributed by atoms with Gasteiger partial charge in [-0.05, 0) is 29.3 Å². The van der Waals surface area contributed by atoms with Gasteiger partial charge < -0.3 is 14.3 Å². The first kappa shape index (κ1) is 16.6. The van der Waals surface area contributed by atoms with E-state index >= 15 is 0 Å². The fourth-order valence-corrected chi connectivity index (χ4v) is 3.15. The number of carbonyl (C=O) groups excluding carboxylic acids is 1. The number of aromatic nitrogens is 2. The molecule has 0 aliphatic carbocycles. The second kappa shape index (κ2) is 7.17. The summed E-state index contributed by atoms with van der Waals surface area (Å²) in [6.45, 7) is 1.02. The van der Waals surface area contributed by atoms with Crippen molar-refractivity contribution < 1.29 is 9.21 Å². The van der Waals surface area contributed by atoms with Crippen molar-refractivity contribution in [2.45, 2.75) is 13.1 Å². The first-order valence-corrected chi connectivity index (χ1v) is 8.98. The lowest BCUT2D eigenvalue weighted by molar-refractivity contribution is 0.0942. The van der Waals surface area contributed by atoms with E-state index in [-0.39, 0.29) is 5.91 Å². The van der Waals surface area contributed by atoms with E-state index in [1.807, 2.05) is 47.0 Å². The number of pyridine rings is 1. The smallest absolute Gasteiger partial charge is 0.268 e. The summed E-state index contributed by atoms with van der Waals surface area (Å²) in [7, 11) is 0. The molecular formula is C20H16BrN3O2. The predicted octanol–water partition coefficient (Wildman–Crippen LogP) is 4.37. The number of nitrogens with zero attached hydrogens (tertiary/aromatic N) is 2. The summed E-state index contributed by atoms with van der Waals surface area (Å²) >= 11 is 3.45. The number of carbonyl (C=O) groups is 1. The van der Waals surface area contributed by atoms with E-state index in [2.05, 4.69) is 26.2 Å². The Kier molecular flexibility index (Phi) is 4.58. The van der Waals surface area contributed by atoms with Crippen molar-refractivity contribution >= 4 is 32.9 Å². The molecule has 1 aromatic carbocycles. The number of nitrogens with one attached hydrogen (secondary N) is 1. The zero-order valence-electron chi connectivity index (χ0n) is 13.9. The first-order chi connectivity index (χ1) is 12.7. The van der Waals surface area contributed by atoms with Crippen LogP contribution in [0.4, 0.5) is 0 Å². The van der Waals surface area contributed by atoms with Crippen LogP contribution in [0.2, 0.25) is 0 Å². The molecule has 5 nitrogen and oxygen atoms in total. The molecule has 0 saturated carbocycles. The van der Waals surface area contributed by atoms with Crippen LogP contribution in [-0.4, -0.2) is 15.5 Å². The molecule has 1 amide bonds. The summed E-state index contributed by atoms with van der Waals surface area (Å²) in [5.41, 5.74) is 4.24. The first-order valence-electron chi connectivity index (χ1n) is 8.19. The Balaban J connectivity index is 1.60. The SMILES string of the molecule is O=C(NCc1cccnc1)c1cc2occc2n1Cc1ccc(Br)cc1. The lowest BCUT2D eigenvalue weighted by atomic mass is 10.2. The van der Waals surface area contributed by atoms with Crippen LogP contribution in [-0.2, 0) is 13.1 Å². The van der Waals surface area contributed by atoms with Crippen LogP contribution < -0.4 is 5.32 Å². The third-order valence-electron chi connectivity index (χ3n) is 4.19. The van der Waals surface area contributed by atoms with Crippen LogP contribution in [0.5, 0.6) is 0 Å². The molecule has 3 heterocycles. The molecule has 1 N–H and O–H groups in total. The van der Waals surface area contributed by atoms with Gasteiger partial charge >= 0.3 is 0 Å². The average molecular weight is 410 g/mol. The summed E-state index contributed by atoms with van der Waals surface area (Å²) in [4.78, 5) is 16.8. The standard InChI is InChI=1S/C20H16BrN3O2/c21-16-5-3-14(4-6-16)13-24-17-7-9-26-19(17)10-18(24)20(25)23-12-15-2-1-8-22-11-15/h1-11H,12-13H2,(H,23,25). The summed E-state index contributed by atoms with van der Waals surface area (Å²) in [5, 5.41) is 2.95. The second-order valence-electron chi connectivity index (χ2n) is 5.96. The second-order valence-corrected chi connectivity index (χ2v) is 6.87. The van der Waals surface area contributed by atoms with E-state index in [1.54, 1.807) is 24.7 Å². The highest BCUT2D eigenvalue weighted by atomic mass is 79.9. The van der Waals surface area contributed by atoms with Gasteiger partial charge in [-0.25, -0.2) is 0 Å². The maximum Gasteiger partial charge on any atom is 0.268 e. The Morgan fingerprint density at radius 1 is 1.15 bits per heavy atom. The zero-order chi connectivity index (χ0) is 17.9. The van der Waals surface area contributed by atoms with Crippen LogP contribution in [0.1, 0.15) is 21.6 Å². The van der Waals surface area contributed by atoms with Crippen molar-refractivity contribution in [2.24, 2.45) is 0 Å². The highest BCUT2D eigenvalue weighted by Gasteiger charge is 2.17. The van der Waals surface area contributed by atoms with E-state index in [0.717, 1.165) is 21.1 Å². The topological polar surface area (TPSA) is 60.1 Å². The van der Waals surface area contributed by atoms with Crippen molar-refractivity contribution in [3.05, 3.63) is 88.5 Å². The Bertz CT molecular complexity index is 1040. The molecule has 0 spiro atoms. The number of amides is 1. The minimum atomic E-state index is -0.141. The minimum absolute atomic E-state index is 0.141. The molecule has 6 heteroatoms. The number of fused-ring (bicyclic) bond motifs is 1. The molecule has 0 atom stereocenters. The van der Waals surface area contributed by atoms with Gasteiger partial charge in [0.05, 0.1) is 11.8 Å². The monoisotopic (exact) mass is 409 g/mol. The maximum atomic E-state index is 12.7. The van der Waals surface area contributed by atoms with Crippen molar-refractivity contribution in [3.63, 3.8) is 0 Å². The molecule has 0 aliphatic rings. The lowest BCUT2D eigenvalue weighted by Crippen LogP contribution is -2.25. The van der Waals surface area contributed by atoms with E-state index in [9.17, 15) is 4.79 Å². The van der Waals surface area contributed by atoms with E-state index < -0.39 is 0 Å². The van der Waals surface area contributed by atoms with Crippen molar-refractivity contribution in [3.8, 4) is 0 Å². The van der Waals surface area contributed by atoms with Gasteiger partial charge in [-0.15, -0.1) is 0 Å². The van der Waals surface area contributed by atoms with Crippen LogP contribution in [0.15, 0.2) is 76.1 Å². The molecule has 0 saturated heterocycles. The summed E-state index contributed by atoms with van der Waals surface area (Å²) in [6.07, 6.45) is 5.09. The molecule has 0 fully saturated rings. The number of halogens is 1. The molecule has 26 heavy (non-hydrogen) atoms. The molecule has 130 valence electrons. The van der Waals surface area contributed by atoms with Crippen molar-refractivity contribution in [1.82, 2.24) is 14.9 Å². The Hall–Kier alpha value is -2.86. The fraction of sp³-hybridized carbons (Fsp3) is 0.100. The molecule has 3 aromatic heterocycles. The molecule has 4 rings (SSSR count). The number of benzene rings is 1. The van der Waals surface area contributed by atoms with Crippen LogP contribution in [0.25, 0.3) is 11.1 Å². The maximum absolute atomic E-state index is 12.7. The van der Waals surface area contributed by atoms with Gasteiger partial charge in [0.25, 0.3) is 5.91 Å². The molecular weight excluding hydrogens is 394 g/mol. The van der Waals surface area contributed by atoms with Crippen LogP contribution in [0, 0.1) is 0 Å². The highest BCUT2D eigenvalue weighted by Crippen LogP contribution is 2.23. The Morgan fingerprint density at radius 2 is 2.00 bits per heavy atom. The van der Waals surface area contributed by atoms with Gasteiger partial charge in [0.15, 0.2) is 5.58 Å². The number of furan rings is 1. The lowest BCUT2D eigenvalue weighted by Gasteiger charge is -2.11. The molecule has 0 aliphatic heterocycles. The van der Waals surface area contributed by atoms with Gasteiger partial charge in [0.1, 0.15) is 5.69 Å². The Morgan fingerprint density at radius 3 is 2.77 bits per heavy atom. The van der Waals surface area contributed by atoms with Gasteiger partial charge in [0, 0.05) is 42.1 Å². The number of hydrogen-bond acceptors (Lipinski definition) is 3. The molecule has 0 radical (unpaired) electrons. The third kappa shape index (κ3) is 3.41. The van der Waals surface area contributed by atoms with Crippen molar-refractivity contribution in [1.29, 1.82) is 0 Å². The normalized spacial score (nSPS) is 11.0. The quantitative estimate of drug-likeness (QED) is 0.532. The number of rotatable bonds is 5. The highest BCUT2D eigenvalue weighted by molar-refractivity contribution is 9.10. The summed E-state index contributed by atoms with van der Waals surface area (Å²) in [6, 6.07) is 15.5. The molecule has 4 aromatic rings. The summed E-state index contributed by atoms with van der Waals surface area (Å²) < 4.78 is 8.49. The Labute approximate surface area is 158 Å². The molecule has 0 bridgehead atoms. The van der Waals surface area contributed by atoms with E-state index in [1.165, 1.54) is 0 Å². The van der Waals surface area contributed by atoms with Gasteiger partial charge in [-0.1, -0.05) is 34.1 Å². The van der Waals surface area contributed by atoms with E-state index in [0.29, 0.717) is 24.4 Å². The van der Waals surface area contributed by atoms with Gasteiger partial charge in [-0.3, -0.25) is 9.78 Å². The summed E-state index contributed by atoms with van der Waals surface area (Å²) in [5.74, 6) is -0.141. The van der Waals surface area contributed by atoms with E-state index in [4.69, 9.17) is 4.42 Å². The van der Waals surface area contributed by atoms with Gasteiger partial charge in [-0.2, -0.15) is 0 Å². The predicted molar refractivity (Wildman–Crippen MR) is 103 cm³/mol. The van der Waals surface area contributed by atoms with Crippen LogP contribution in [0.3, 0.4) is 0 Å². The zero-order valence-corrected chi connectivity index (χ0v) is 15.4. The number of hydrogen-bond donors (Lipinski definition) is 1.